The van der Waals surface area contributed by atoms with Crippen molar-refractivity contribution >= 4 is 11.9 Å². The first kappa shape index (κ1) is 18.6. The highest BCUT2D eigenvalue weighted by Crippen LogP contribution is 2.13. The van der Waals surface area contributed by atoms with E-state index in [9.17, 15) is 18.0 Å². The van der Waals surface area contributed by atoms with Gasteiger partial charge in [-0.25, -0.2) is 9.59 Å². The Morgan fingerprint density at radius 1 is 1.33 bits per heavy atom. The number of rotatable bonds is 5. The number of halogens is 3. The summed E-state index contributed by atoms with van der Waals surface area (Å²) in [6.45, 7) is 2.53. The van der Waals surface area contributed by atoms with Crippen molar-refractivity contribution in [3.63, 3.8) is 0 Å². The number of unbranched alkanes of at least 4 members (excludes halogenated alkanes) is 1. The normalized spacial score (nSPS) is 10.5. The number of hydrogen-bond acceptors (Lipinski definition) is 4. The van der Waals surface area contributed by atoms with Gasteiger partial charge < -0.3 is 14.6 Å². The lowest BCUT2D eigenvalue weighted by Gasteiger charge is -1.98. The molecule has 0 aromatic heterocycles. The minimum absolute atomic E-state index is 0.347. The van der Waals surface area contributed by atoms with Crippen LogP contribution in [-0.2, 0) is 19.1 Å². The van der Waals surface area contributed by atoms with Gasteiger partial charge in [-0.05, 0) is 6.42 Å². The van der Waals surface area contributed by atoms with E-state index in [2.05, 4.69) is 4.74 Å². The van der Waals surface area contributed by atoms with Crippen molar-refractivity contribution in [2.45, 2.75) is 25.9 Å². The van der Waals surface area contributed by atoms with E-state index in [0.29, 0.717) is 6.61 Å². The Morgan fingerprint density at radius 3 is 2.17 bits per heavy atom. The molecule has 18 heavy (non-hydrogen) atoms. The van der Waals surface area contributed by atoms with Crippen molar-refractivity contribution in [1.82, 2.24) is 0 Å². The first-order chi connectivity index (χ1) is 8.25. The van der Waals surface area contributed by atoms with Gasteiger partial charge in [-0.1, -0.05) is 13.3 Å². The van der Waals surface area contributed by atoms with Crippen LogP contribution in [0.3, 0.4) is 0 Å². The molecule has 0 aliphatic heterocycles. The summed E-state index contributed by atoms with van der Waals surface area (Å²) in [5.41, 5.74) is 0. The molecule has 0 radical (unpaired) electrons. The van der Waals surface area contributed by atoms with Crippen molar-refractivity contribution in [2.24, 2.45) is 0 Å². The topological polar surface area (TPSA) is 72.8 Å². The van der Waals surface area contributed by atoms with Crippen LogP contribution in [0.2, 0.25) is 0 Å². The minimum Gasteiger partial charge on any atom is -0.504 e. The Kier molecular flexibility index (Phi) is 10.8. The molecule has 0 aromatic rings. The van der Waals surface area contributed by atoms with E-state index < -0.39 is 12.1 Å². The van der Waals surface area contributed by atoms with Crippen molar-refractivity contribution in [3.05, 3.63) is 12.3 Å². The van der Waals surface area contributed by atoms with Gasteiger partial charge in [-0.2, -0.15) is 13.2 Å². The van der Waals surface area contributed by atoms with Gasteiger partial charge in [0.05, 0.1) is 26.1 Å². The third-order valence-corrected chi connectivity index (χ3v) is 1.32. The Hall–Kier alpha value is -1.73. The molecule has 0 heterocycles. The van der Waals surface area contributed by atoms with Crippen LogP contribution in [0.15, 0.2) is 12.3 Å². The average molecular weight is 272 g/mol. The molecule has 0 aliphatic carbocycles. The summed E-state index contributed by atoms with van der Waals surface area (Å²) in [6.07, 6.45) is -0.586. The third-order valence-electron chi connectivity index (χ3n) is 1.32. The van der Waals surface area contributed by atoms with Gasteiger partial charge in [0.15, 0.2) is 0 Å². The number of ether oxygens (including phenoxy) is 2. The molecule has 0 rings (SSSR count). The van der Waals surface area contributed by atoms with Crippen LogP contribution in [0, 0.1) is 0 Å². The van der Waals surface area contributed by atoms with E-state index in [1.807, 2.05) is 6.92 Å². The summed E-state index contributed by atoms with van der Waals surface area (Å²) in [5.74, 6) is -3.10. The molecular weight excluding hydrogens is 257 g/mol. The molecule has 0 saturated heterocycles. The van der Waals surface area contributed by atoms with Crippen molar-refractivity contribution in [2.75, 3.05) is 13.7 Å². The predicted molar refractivity (Wildman–Crippen MR) is 55.7 cm³/mol. The Balaban J connectivity index is 0. The molecule has 0 spiro atoms. The molecule has 0 aromatic carbocycles. The highest BCUT2D eigenvalue weighted by atomic mass is 19.4. The second-order valence-corrected chi connectivity index (χ2v) is 2.86. The third kappa shape index (κ3) is 14.3. The van der Waals surface area contributed by atoms with E-state index in [1.165, 1.54) is 19.4 Å². The number of hydrogen-bond donors (Lipinski definition) is 1. The second kappa shape index (κ2) is 10.4. The van der Waals surface area contributed by atoms with Crippen LogP contribution in [-0.4, -0.2) is 36.9 Å². The zero-order valence-corrected chi connectivity index (χ0v) is 9.99. The monoisotopic (exact) mass is 272 g/mol. The van der Waals surface area contributed by atoms with Crippen LogP contribution < -0.4 is 0 Å². The van der Waals surface area contributed by atoms with Gasteiger partial charge >= 0.3 is 18.1 Å². The molecule has 0 atom stereocenters. The second-order valence-electron chi connectivity index (χ2n) is 2.86. The van der Waals surface area contributed by atoms with Crippen LogP contribution in [0.4, 0.5) is 13.2 Å². The number of alkyl halides is 3. The van der Waals surface area contributed by atoms with Crippen molar-refractivity contribution in [3.8, 4) is 0 Å². The van der Waals surface area contributed by atoms with E-state index in [0.717, 1.165) is 12.8 Å². The quantitative estimate of drug-likeness (QED) is 0.359. The molecule has 8 heteroatoms. The predicted octanol–water partition coefficient (Wildman–Crippen LogP) is 2.12. The zero-order valence-electron chi connectivity index (χ0n) is 9.99. The Bertz CT molecular complexity index is 273. The average Bonchev–Trinajstić information content (AvgIpc) is 2.26. The first-order valence-electron chi connectivity index (χ1n) is 4.91. The van der Waals surface area contributed by atoms with Gasteiger partial charge in [-0.3, -0.25) is 0 Å². The smallest absolute Gasteiger partial charge is 0.490 e. The summed E-state index contributed by atoms with van der Waals surface area (Å²) in [7, 11) is 1.48. The Labute approximate surface area is 102 Å². The lowest BCUT2D eigenvalue weighted by molar-refractivity contribution is -0.192. The molecular formula is C10H15F3O5. The summed E-state index contributed by atoms with van der Waals surface area (Å²) in [5, 5.41) is 7.12. The van der Waals surface area contributed by atoms with Crippen LogP contribution in [0.25, 0.3) is 0 Å². The molecule has 1 N–H and O–H groups in total. The van der Waals surface area contributed by atoms with Crippen molar-refractivity contribution in [1.29, 1.82) is 0 Å². The number of methoxy groups -OCH3 is 1. The number of carboxylic acids is 1. The summed E-state index contributed by atoms with van der Waals surface area (Å²) < 4.78 is 41.1. The number of carbonyl (C=O) groups is 2. The van der Waals surface area contributed by atoms with Gasteiger partial charge in [0.1, 0.15) is 0 Å². The summed E-state index contributed by atoms with van der Waals surface area (Å²) in [6, 6.07) is 0. The van der Waals surface area contributed by atoms with Crippen molar-refractivity contribution < 1.29 is 37.3 Å². The molecule has 0 bridgehead atoms. The largest absolute Gasteiger partial charge is 0.504 e. The Morgan fingerprint density at radius 2 is 1.83 bits per heavy atom. The van der Waals surface area contributed by atoms with E-state index >= 15 is 0 Å². The van der Waals surface area contributed by atoms with Crippen LogP contribution in [0.5, 0.6) is 0 Å². The minimum atomic E-state index is -5.08. The fraction of sp³-hybridized carbons (Fsp3) is 0.600. The number of aliphatic carboxylic acids is 1. The molecule has 0 amide bonds. The zero-order chi connectivity index (χ0) is 14.6. The van der Waals surface area contributed by atoms with Gasteiger partial charge in [0.2, 0.25) is 0 Å². The van der Waals surface area contributed by atoms with Gasteiger partial charge in [0.25, 0.3) is 0 Å². The summed E-state index contributed by atoms with van der Waals surface area (Å²) in [4.78, 5) is 19.6. The fourth-order valence-electron chi connectivity index (χ4n) is 0.489. The number of carbonyl (C=O) groups excluding carboxylic acids is 1. The highest BCUT2D eigenvalue weighted by Gasteiger charge is 2.38. The van der Waals surface area contributed by atoms with Crippen LogP contribution >= 0.6 is 0 Å². The molecule has 106 valence electrons. The maximum Gasteiger partial charge on any atom is 0.490 e. The SMILES string of the molecule is CCCCOC(=O)C=COC.O=C(O)C(F)(F)F. The van der Waals surface area contributed by atoms with E-state index in [-0.39, 0.29) is 5.97 Å². The first-order valence-corrected chi connectivity index (χ1v) is 4.91. The maximum absolute atomic E-state index is 10.7. The van der Waals surface area contributed by atoms with E-state index in [4.69, 9.17) is 14.6 Å². The van der Waals surface area contributed by atoms with E-state index in [1.54, 1.807) is 0 Å². The molecule has 5 nitrogen and oxygen atoms in total. The molecule has 0 unspecified atom stereocenters. The fourth-order valence-corrected chi connectivity index (χ4v) is 0.489. The number of carboxylic acid groups (broad SMARTS) is 1. The van der Waals surface area contributed by atoms with Crippen LogP contribution in [0.1, 0.15) is 19.8 Å². The highest BCUT2D eigenvalue weighted by molar-refractivity contribution is 5.81. The summed E-state index contributed by atoms with van der Waals surface area (Å²) >= 11 is 0. The molecule has 0 fully saturated rings. The standard InChI is InChI=1S/C8H14O3.C2HF3O2/c1-3-4-6-11-8(9)5-7-10-2;3-2(4,5)1(6)7/h5,7H,3-4,6H2,1-2H3;(H,6,7). The maximum atomic E-state index is 10.7. The molecule has 0 aliphatic rings. The lowest BCUT2D eigenvalue weighted by Crippen LogP contribution is -2.21. The molecule has 0 saturated carbocycles. The van der Waals surface area contributed by atoms with Gasteiger partial charge in [0, 0.05) is 0 Å². The lowest BCUT2D eigenvalue weighted by atomic mass is 10.4. The number of esters is 1. The van der Waals surface area contributed by atoms with Gasteiger partial charge in [-0.15, -0.1) is 0 Å².